The predicted octanol–water partition coefficient (Wildman–Crippen LogP) is 10.8. The summed E-state index contributed by atoms with van der Waals surface area (Å²) in [4.78, 5) is 13.3. The topological polar surface area (TPSA) is 20.9 Å². The number of carbonyl (C=O) groups excluding carboxylic acids is 1. The highest BCUT2D eigenvalue weighted by Gasteiger charge is 2.20. The summed E-state index contributed by atoms with van der Waals surface area (Å²) in [7, 11) is 2.08. The minimum Gasteiger partial charge on any atom is -1.00 e. The number of carbonyl (C=O) groups is 1. The Morgan fingerprint density at radius 3 is 1.37 bits per heavy atom. The molecule has 0 aliphatic heterocycles. The zero-order valence-electron chi connectivity index (χ0n) is 31.5. The Kier molecular flexibility index (Phi) is 32.9. The van der Waals surface area contributed by atoms with Crippen molar-refractivity contribution < 1.29 is 21.8 Å². The summed E-state index contributed by atoms with van der Waals surface area (Å²) in [6, 6.07) is 2.21. The number of rotatable bonds is 33. The molecule has 0 fully saturated rings. The maximum absolute atomic E-state index is 13.3. The first-order chi connectivity index (χ1) is 22.1. The third-order valence-electron chi connectivity index (χ3n) is 9.96. The summed E-state index contributed by atoms with van der Waals surface area (Å²) in [5.74, 6) is 0.368. The van der Waals surface area contributed by atoms with Crippen LogP contribution in [0.4, 0.5) is 0 Å². The molecule has 0 amide bonds. The fraction of sp³-hybridized carbons (Fsp3) is 0.814. The Hall–Kier alpha value is -1.15. The molecule has 1 aromatic rings. The van der Waals surface area contributed by atoms with Gasteiger partial charge in [-0.3, -0.25) is 4.79 Å². The van der Waals surface area contributed by atoms with Crippen LogP contribution in [0.3, 0.4) is 0 Å². The van der Waals surface area contributed by atoms with Gasteiger partial charge in [0.2, 0.25) is 0 Å². The van der Waals surface area contributed by atoms with Crippen molar-refractivity contribution in [3.05, 3.63) is 41.2 Å². The molecule has 0 saturated heterocycles. The van der Waals surface area contributed by atoms with Crippen molar-refractivity contribution in [2.75, 3.05) is 0 Å². The maximum atomic E-state index is 13.3. The highest BCUT2D eigenvalue weighted by molar-refractivity contribution is 5.98. The summed E-state index contributed by atoms with van der Waals surface area (Å²) in [5.41, 5.74) is 3.45. The van der Waals surface area contributed by atoms with Gasteiger partial charge in [-0.2, -0.15) is 0 Å². The molecule has 46 heavy (non-hydrogen) atoms. The molecule has 0 N–H and O–H groups in total. The van der Waals surface area contributed by atoms with Crippen LogP contribution < -0.4 is 17.0 Å². The third kappa shape index (κ3) is 24.9. The van der Waals surface area contributed by atoms with Gasteiger partial charge in [-0.1, -0.05) is 174 Å². The summed E-state index contributed by atoms with van der Waals surface area (Å²) in [6.45, 7) is 6.71. The fourth-order valence-electron chi connectivity index (χ4n) is 6.74. The number of ketones is 1. The van der Waals surface area contributed by atoms with E-state index >= 15 is 0 Å². The van der Waals surface area contributed by atoms with Crippen LogP contribution in [0.2, 0.25) is 0 Å². The molecule has 2 nitrogen and oxygen atoms in total. The van der Waals surface area contributed by atoms with Crippen LogP contribution in [0.5, 0.6) is 0 Å². The molecular weight excluding hydrogens is 582 g/mol. The van der Waals surface area contributed by atoms with E-state index in [0.717, 1.165) is 24.1 Å². The minimum absolute atomic E-state index is 0. The molecule has 268 valence electrons. The molecule has 3 heteroatoms. The first-order valence-electron chi connectivity index (χ1n) is 20.3. The van der Waals surface area contributed by atoms with E-state index in [-0.39, 0.29) is 12.4 Å². The SMILES string of the molecule is CCCCCCCC/C=C\CCCCCCCC(=O)c1c(CCCCCCCCCCCCCCCCCC)cc[n+](C)c1C.[Cl-]. The van der Waals surface area contributed by atoms with Gasteiger partial charge in [0.25, 0.3) is 0 Å². The van der Waals surface area contributed by atoms with Gasteiger partial charge in [-0.15, -0.1) is 0 Å². The van der Waals surface area contributed by atoms with E-state index < -0.39 is 0 Å². The van der Waals surface area contributed by atoms with E-state index in [0.29, 0.717) is 12.2 Å². The Labute approximate surface area is 294 Å². The maximum Gasteiger partial charge on any atom is 0.189 e. The van der Waals surface area contributed by atoms with Gasteiger partial charge >= 0.3 is 0 Å². The monoisotopic (exact) mass is 660 g/mol. The van der Waals surface area contributed by atoms with Crippen molar-refractivity contribution in [1.82, 2.24) is 0 Å². The minimum atomic E-state index is 0. The van der Waals surface area contributed by atoms with Crippen LogP contribution in [-0.2, 0) is 13.5 Å². The van der Waals surface area contributed by atoms with Gasteiger partial charge in [0.1, 0.15) is 7.05 Å². The van der Waals surface area contributed by atoms with Crippen LogP contribution in [0.25, 0.3) is 0 Å². The fourth-order valence-corrected chi connectivity index (χ4v) is 6.74. The molecule has 0 radical (unpaired) electrons. The third-order valence-corrected chi connectivity index (χ3v) is 9.96. The van der Waals surface area contributed by atoms with Crippen LogP contribution in [-0.4, -0.2) is 5.78 Å². The highest BCUT2D eigenvalue weighted by Crippen LogP contribution is 2.20. The molecule has 0 atom stereocenters. The summed E-state index contributed by atoms with van der Waals surface area (Å²) < 4.78 is 2.13. The lowest BCUT2D eigenvalue weighted by atomic mass is 9.94. The van der Waals surface area contributed by atoms with E-state index in [1.165, 1.54) is 185 Å². The number of unbranched alkanes of at least 4 members (excludes halogenated alkanes) is 26. The predicted molar refractivity (Wildman–Crippen MR) is 199 cm³/mol. The quantitative estimate of drug-likeness (QED) is 0.0318. The van der Waals surface area contributed by atoms with E-state index in [1.54, 1.807) is 0 Å². The van der Waals surface area contributed by atoms with Gasteiger partial charge in [-0.25, -0.2) is 4.57 Å². The molecule has 0 aliphatic carbocycles. The lowest BCUT2D eigenvalue weighted by Crippen LogP contribution is -3.00. The largest absolute Gasteiger partial charge is 1.00 e. The number of nitrogens with zero attached hydrogens (tertiary/aromatic N) is 1. The number of halogens is 1. The van der Waals surface area contributed by atoms with Gasteiger partial charge in [0.15, 0.2) is 17.7 Å². The van der Waals surface area contributed by atoms with Crippen molar-refractivity contribution in [1.29, 1.82) is 0 Å². The zero-order chi connectivity index (χ0) is 32.6. The standard InChI is InChI=1S/C43H78NO.ClH/c1-5-7-9-11-13-15-17-19-21-23-24-26-28-30-32-34-36-41-38-39-44(4)40(3)43(41)42(45)37-35-33-31-29-27-25-22-20-18-16-14-12-10-8-6-2;/h20,22,38-39H,5-19,21,23-37H2,1-4H3;1H/q+1;/p-1/b22-20-;. The number of allylic oxidation sites excluding steroid dienone is 2. The molecule has 0 aromatic carbocycles. The Morgan fingerprint density at radius 1 is 0.565 bits per heavy atom. The second kappa shape index (κ2) is 33.7. The number of Topliss-reactive ketones (excluding diaryl/α,β-unsaturated/α-hetero) is 1. The zero-order valence-corrected chi connectivity index (χ0v) is 32.2. The normalized spacial score (nSPS) is 11.4. The van der Waals surface area contributed by atoms with E-state index in [4.69, 9.17) is 0 Å². The summed E-state index contributed by atoms with van der Waals surface area (Å²) >= 11 is 0. The van der Waals surface area contributed by atoms with Gasteiger partial charge in [0.05, 0.1) is 5.56 Å². The van der Waals surface area contributed by atoms with Gasteiger partial charge in [-0.05, 0) is 50.5 Å². The van der Waals surface area contributed by atoms with Crippen LogP contribution in [0.15, 0.2) is 24.4 Å². The van der Waals surface area contributed by atoms with E-state index in [9.17, 15) is 4.79 Å². The number of hydrogen-bond donors (Lipinski definition) is 0. The van der Waals surface area contributed by atoms with Gasteiger partial charge in [0, 0.05) is 19.4 Å². The molecule has 0 spiro atoms. The highest BCUT2D eigenvalue weighted by atomic mass is 35.5. The molecule has 0 unspecified atom stereocenters. The van der Waals surface area contributed by atoms with Crippen LogP contribution in [0.1, 0.15) is 228 Å². The van der Waals surface area contributed by atoms with Crippen molar-refractivity contribution in [2.45, 2.75) is 220 Å². The van der Waals surface area contributed by atoms with Crippen LogP contribution >= 0.6 is 0 Å². The summed E-state index contributed by atoms with van der Waals surface area (Å²) in [6.07, 6.45) is 47.9. The molecular formula is C43H78ClNO. The number of aryl methyl sites for hydroxylation is 2. The molecule has 1 rings (SSSR count). The molecule has 0 aliphatic rings. The second-order valence-electron chi connectivity index (χ2n) is 14.2. The van der Waals surface area contributed by atoms with Crippen molar-refractivity contribution >= 4 is 5.78 Å². The molecule has 0 saturated carbocycles. The average Bonchev–Trinajstić information content (AvgIpc) is 3.04. The lowest BCUT2D eigenvalue weighted by Gasteiger charge is -2.10. The molecule has 0 bridgehead atoms. The first kappa shape index (κ1) is 44.9. The van der Waals surface area contributed by atoms with E-state index in [2.05, 4.69) is 56.8 Å². The first-order valence-corrected chi connectivity index (χ1v) is 20.3. The van der Waals surface area contributed by atoms with E-state index in [1.807, 2.05) is 0 Å². The van der Waals surface area contributed by atoms with Gasteiger partial charge < -0.3 is 12.4 Å². The number of aromatic nitrogens is 1. The second-order valence-corrected chi connectivity index (χ2v) is 14.2. The number of hydrogen-bond acceptors (Lipinski definition) is 1. The number of pyridine rings is 1. The van der Waals surface area contributed by atoms with Crippen LogP contribution in [0, 0.1) is 6.92 Å². The average molecular weight is 661 g/mol. The van der Waals surface area contributed by atoms with Crippen molar-refractivity contribution in [2.24, 2.45) is 7.05 Å². The Balaban J connectivity index is 0.0000202. The van der Waals surface area contributed by atoms with Crippen molar-refractivity contribution in [3.8, 4) is 0 Å². The van der Waals surface area contributed by atoms with Crippen molar-refractivity contribution in [3.63, 3.8) is 0 Å². The molecule has 1 heterocycles. The molecule has 1 aromatic heterocycles. The summed E-state index contributed by atoms with van der Waals surface area (Å²) in [5, 5.41) is 0. The Morgan fingerprint density at radius 2 is 0.935 bits per heavy atom. The smallest absolute Gasteiger partial charge is 0.189 e. The Bertz CT molecular complexity index is 847. The lowest BCUT2D eigenvalue weighted by molar-refractivity contribution is -0.677.